The van der Waals surface area contributed by atoms with Crippen molar-refractivity contribution in [3.63, 3.8) is 0 Å². The van der Waals surface area contributed by atoms with Crippen molar-refractivity contribution in [2.75, 3.05) is 19.0 Å². The maximum atomic E-state index is 10.6. The van der Waals surface area contributed by atoms with Crippen LogP contribution in [0.4, 0.5) is 0 Å². The van der Waals surface area contributed by atoms with E-state index in [0.717, 1.165) is 27.3 Å². The number of carboxylic acid groups (broad SMARTS) is 1. The quantitative estimate of drug-likeness (QED) is 0.362. The van der Waals surface area contributed by atoms with E-state index in [-0.39, 0.29) is 12.7 Å². The lowest BCUT2D eigenvalue weighted by Crippen LogP contribution is -2.10. The Morgan fingerprint density at radius 2 is 1.59 bits per heavy atom. The number of rotatable bonds is 10. The van der Waals surface area contributed by atoms with Gasteiger partial charge in [-0.2, -0.15) is 0 Å². The molecule has 0 unspecified atom stereocenters. The summed E-state index contributed by atoms with van der Waals surface area (Å²) in [5.41, 5.74) is 3.20. The smallest absolute Gasteiger partial charge is 0.341 e. The molecule has 0 saturated heterocycles. The van der Waals surface area contributed by atoms with E-state index in [4.69, 9.17) is 14.6 Å². The van der Waals surface area contributed by atoms with Crippen molar-refractivity contribution in [2.24, 2.45) is 0 Å². The largest absolute Gasteiger partial charge is 0.482 e. The summed E-state index contributed by atoms with van der Waals surface area (Å²) in [7, 11) is 0. The lowest BCUT2D eigenvalue weighted by molar-refractivity contribution is -0.139. The van der Waals surface area contributed by atoms with Crippen molar-refractivity contribution < 1.29 is 19.4 Å². The predicted molar refractivity (Wildman–Crippen MR) is 116 cm³/mol. The maximum Gasteiger partial charge on any atom is 0.341 e. The molecule has 1 N–H and O–H groups in total. The van der Waals surface area contributed by atoms with Crippen LogP contribution in [0.2, 0.25) is 0 Å². The van der Waals surface area contributed by atoms with Gasteiger partial charge in [-0.3, -0.25) is 0 Å². The molecule has 3 aromatic carbocycles. The van der Waals surface area contributed by atoms with Crippen molar-refractivity contribution in [1.82, 2.24) is 0 Å². The van der Waals surface area contributed by atoms with Gasteiger partial charge >= 0.3 is 5.97 Å². The standard InChI is InChI=1S/C24H24O4S/c1-18-16-21(12-13-22(18)28-17-23(25)26)29-15-14-27-24(19-8-4-2-5-9-19)20-10-6-3-7-11-20/h2-13,16,24H,14-15,17H2,1H3,(H,25,26). The molecule has 0 aliphatic carbocycles. The number of ether oxygens (including phenoxy) is 2. The molecule has 150 valence electrons. The van der Waals surface area contributed by atoms with E-state index in [9.17, 15) is 4.79 Å². The number of thioether (sulfide) groups is 1. The highest BCUT2D eigenvalue weighted by Gasteiger charge is 2.14. The second-order valence-corrected chi connectivity index (χ2v) is 7.70. The summed E-state index contributed by atoms with van der Waals surface area (Å²) >= 11 is 1.70. The Kier molecular flexibility index (Phi) is 7.73. The Bertz CT molecular complexity index is 873. The summed E-state index contributed by atoms with van der Waals surface area (Å²) in [6.07, 6.45) is -0.0912. The molecule has 3 aromatic rings. The molecule has 29 heavy (non-hydrogen) atoms. The van der Waals surface area contributed by atoms with Gasteiger partial charge in [-0.1, -0.05) is 60.7 Å². The van der Waals surface area contributed by atoms with E-state index in [1.54, 1.807) is 11.8 Å². The zero-order chi connectivity index (χ0) is 20.5. The van der Waals surface area contributed by atoms with Crippen LogP contribution in [0, 0.1) is 6.92 Å². The highest BCUT2D eigenvalue weighted by molar-refractivity contribution is 7.99. The maximum absolute atomic E-state index is 10.6. The van der Waals surface area contributed by atoms with Crippen LogP contribution < -0.4 is 4.74 Å². The molecule has 0 aliphatic heterocycles. The van der Waals surface area contributed by atoms with Crippen LogP contribution in [-0.4, -0.2) is 30.0 Å². The minimum absolute atomic E-state index is 0.0912. The second kappa shape index (κ2) is 10.7. The topological polar surface area (TPSA) is 55.8 Å². The van der Waals surface area contributed by atoms with E-state index in [2.05, 4.69) is 24.3 Å². The summed E-state index contributed by atoms with van der Waals surface area (Å²) in [4.78, 5) is 11.7. The Morgan fingerprint density at radius 1 is 0.966 bits per heavy atom. The van der Waals surface area contributed by atoms with Crippen LogP contribution in [0.25, 0.3) is 0 Å². The van der Waals surface area contributed by atoms with Gasteiger partial charge in [0.2, 0.25) is 0 Å². The van der Waals surface area contributed by atoms with Gasteiger partial charge in [0.05, 0.1) is 6.61 Å². The summed E-state index contributed by atoms with van der Waals surface area (Å²) in [5.74, 6) is 0.429. The first-order valence-electron chi connectivity index (χ1n) is 9.43. The lowest BCUT2D eigenvalue weighted by Gasteiger charge is -2.19. The molecule has 0 aromatic heterocycles. The summed E-state index contributed by atoms with van der Waals surface area (Å²) in [6, 6.07) is 26.2. The Hall–Kier alpha value is -2.76. The van der Waals surface area contributed by atoms with Gasteiger partial charge in [-0.15, -0.1) is 11.8 Å². The van der Waals surface area contributed by atoms with E-state index >= 15 is 0 Å². The normalized spacial score (nSPS) is 10.8. The van der Waals surface area contributed by atoms with Crippen LogP contribution in [0.1, 0.15) is 22.8 Å². The molecular weight excluding hydrogens is 384 g/mol. The predicted octanol–water partition coefficient (Wildman–Crippen LogP) is 5.36. The van der Waals surface area contributed by atoms with Crippen LogP contribution >= 0.6 is 11.8 Å². The van der Waals surface area contributed by atoms with Gasteiger partial charge in [0.25, 0.3) is 0 Å². The molecule has 0 spiro atoms. The molecule has 0 aliphatic rings. The molecule has 0 heterocycles. The fourth-order valence-corrected chi connectivity index (χ4v) is 3.82. The molecule has 5 heteroatoms. The van der Waals surface area contributed by atoms with Gasteiger partial charge in [0.15, 0.2) is 6.61 Å². The van der Waals surface area contributed by atoms with Crippen molar-refractivity contribution in [2.45, 2.75) is 17.9 Å². The number of carboxylic acids is 1. The molecule has 3 rings (SSSR count). The third-order valence-corrected chi connectivity index (χ3v) is 5.30. The van der Waals surface area contributed by atoms with E-state index in [1.807, 2.05) is 61.5 Å². The van der Waals surface area contributed by atoms with Crippen molar-refractivity contribution >= 4 is 17.7 Å². The zero-order valence-corrected chi connectivity index (χ0v) is 17.1. The SMILES string of the molecule is Cc1cc(SCCOC(c2ccccc2)c2ccccc2)ccc1OCC(=O)O. The number of aliphatic carboxylic acids is 1. The summed E-state index contributed by atoms with van der Waals surface area (Å²) < 4.78 is 11.5. The minimum atomic E-state index is -0.980. The van der Waals surface area contributed by atoms with Gasteiger partial charge in [0, 0.05) is 10.6 Å². The fourth-order valence-electron chi connectivity index (χ4n) is 2.98. The molecule has 0 radical (unpaired) electrons. The molecule has 4 nitrogen and oxygen atoms in total. The average Bonchev–Trinajstić information content (AvgIpc) is 2.74. The second-order valence-electron chi connectivity index (χ2n) is 6.53. The molecule has 0 bridgehead atoms. The summed E-state index contributed by atoms with van der Waals surface area (Å²) in [6.45, 7) is 2.19. The third kappa shape index (κ3) is 6.38. The molecular formula is C24H24O4S. The number of benzene rings is 3. The first-order chi connectivity index (χ1) is 14.1. The Morgan fingerprint density at radius 3 is 2.14 bits per heavy atom. The number of carbonyl (C=O) groups is 1. The first kappa shape index (κ1) is 21.0. The average molecular weight is 409 g/mol. The van der Waals surface area contributed by atoms with E-state index < -0.39 is 5.97 Å². The van der Waals surface area contributed by atoms with Crippen LogP contribution in [0.5, 0.6) is 5.75 Å². The highest BCUT2D eigenvalue weighted by Crippen LogP contribution is 2.28. The third-order valence-electron chi connectivity index (χ3n) is 4.34. The summed E-state index contributed by atoms with van der Waals surface area (Å²) in [5, 5.41) is 8.73. The van der Waals surface area contributed by atoms with Gasteiger partial charge in [-0.25, -0.2) is 4.79 Å². The minimum Gasteiger partial charge on any atom is -0.482 e. The monoisotopic (exact) mass is 408 g/mol. The van der Waals surface area contributed by atoms with Gasteiger partial charge < -0.3 is 14.6 Å². The number of hydrogen-bond acceptors (Lipinski definition) is 4. The lowest BCUT2D eigenvalue weighted by atomic mass is 10.0. The Balaban J connectivity index is 1.56. The van der Waals surface area contributed by atoms with Crippen LogP contribution in [0.15, 0.2) is 83.8 Å². The van der Waals surface area contributed by atoms with E-state index in [1.165, 1.54) is 0 Å². The molecule has 0 atom stereocenters. The number of aryl methyl sites for hydroxylation is 1. The molecule has 0 amide bonds. The first-order valence-corrected chi connectivity index (χ1v) is 10.4. The van der Waals surface area contributed by atoms with Gasteiger partial charge in [-0.05, 0) is 41.8 Å². The fraction of sp³-hybridized carbons (Fsp3) is 0.208. The van der Waals surface area contributed by atoms with Crippen LogP contribution in [-0.2, 0) is 9.53 Å². The number of hydrogen-bond donors (Lipinski definition) is 1. The van der Waals surface area contributed by atoms with Gasteiger partial charge in [0.1, 0.15) is 11.9 Å². The van der Waals surface area contributed by atoms with Crippen molar-refractivity contribution in [1.29, 1.82) is 0 Å². The zero-order valence-electron chi connectivity index (χ0n) is 16.3. The van der Waals surface area contributed by atoms with Crippen LogP contribution in [0.3, 0.4) is 0 Å². The van der Waals surface area contributed by atoms with Crippen molar-refractivity contribution in [3.05, 3.63) is 95.6 Å². The Labute approximate surface area is 175 Å². The highest BCUT2D eigenvalue weighted by atomic mass is 32.2. The van der Waals surface area contributed by atoms with E-state index in [0.29, 0.717) is 12.4 Å². The molecule has 0 saturated carbocycles. The van der Waals surface area contributed by atoms with Crippen molar-refractivity contribution in [3.8, 4) is 5.75 Å². The molecule has 0 fully saturated rings.